The molecular weight excluding hydrogens is 200 g/mol. The third-order valence-electron chi connectivity index (χ3n) is 2.56. The zero-order valence-electron chi connectivity index (χ0n) is 8.77. The lowest BCUT2D eigenvalue weighted by Gasteiger charge is -2.03. The summed E-state index contributed by atoms with van der Waals surface area (Å²) in [6, 6.07) is 17.0. The molecule has 0 radical (unpaired) electrons. The van der Waals surface area contributed by atoms with E-state index in [1.165, 1.54) is 16.7 Å². The summed E-state index contributed by atoms with van der Waals surface area (Å²) in [5.74, 6) is 0. The lowest BCUT2D eigenvalue weighted by Crippen LogP contribution is -1.81. The molecular formula is C14H14S. The summed E-state index contributed by atoms with van der Waals surface area (Å²) in [7, 11) is 0. The molecule has 0 amide bonds. The molecule has 1 heteroatoms. The predicted molar refractivity (Wildman–Crippen MR) is 68.5 cm³/mol. The van der Waals surface area contributed by atoms with Crippen molar-refractivity contribution < 1.29 is 0 Å². The van der Waals surface area contributed by atoms with E-state index in [0.29, 0.717) is 0 Å². The average molecular weight is 214 g/mol. The molecule has 2 rings (SSSR count). The van der Waals surface area contributed by atoms with Crippen LogP contribution in [-0.4, -0.2) is 0 Å². The molecule has 2 aromatic rings. The van der Waals surface area contributed by atoms with E-state index >= 15 is 0 Å². The minimum atomic E-state index is 1.00. The Balaban J connectivity index is 2.33. The fourth-order valence-corrected chi connectivity index (χ4v) is 1.74. The Kier molecular flexibility index (Phi) is 3.12. The maximum atomic E-state index is 4.28. The molecule has 0 saturated carbocycles. The zero-order valence-corrected chi connectivity index (χ0v) is 9.67. The molecule has 0 atom stereocenters. The Bertz CT molecular complexity index is 426. The van der Waals surface area contributed by atoms with Gasteiger partial charge in [0.1, 0.15) is 0 Å². The van der Waals surface area contributed by atoms with Crippen LogP contribution in [0.25, 0.3) is 11.1 Å². The number of hydrogen-bond acceptors (Lipinski definition) is 1. The highest BCUT2D eigenvalue weighted by Gasteiger charge is 1.96. The second kappa shape index (κ2) is 4.54. The van der Waals surface area contributed by atoms with E-state index in [0.717, 1.165) is 11.3 Å². The molecule has 0 N–H and O–H groups in total. The van der Waals surface area contributed by atoms with Crippen molar-refractivity contribution in [2.24, 2.45) is 0 Å². The smallest absolute Gasteiger partial charge is 0.00404 e. The van der Waals surface area contributed by atoms with Gasteiger partial charge >= 0.3 is 0 Å². The van der Waals surface area contributed by atoms with E-state index < -0.39 is 0 Å². The van der Waals surface area contributed by atoms with Gasteiger partial charge in [-0.3, -0.25) is 0 Å². The molecule has 0 spiro atoms. The molecule has 0 aliphatic carbocycles. The molecule has 0 aliphatic heterocycles. The summed E-state index contributed by atoms with van der Waals surface area (Å²) in [4.78, 5) is 1.00. The topological polar surface area (TPSA) is 0 Å². The van der Waals surface area contributed by atoms with Gasteiger partial charge in [-0.2, -0.15) is 0 Å². The average Bonchev–Trinajstić information content (AvgIpc) is 2.30. The molecule has 0 aromatic heterocycles. The molecule has 2 aromatic carbocycles. The number of thiol groups is 1. The van der Waals surface area contributed by atoms with Crippen molar-refractivity contribution in [2.75, 3.05) is 0 Å². The van der Waals surface area contributed by atoms with Gasteiger partial charge in [-0.1, -0.05) is 43.3 Å². The molecule has 0 nitrogen and oxygen atoms in total. The fourth-order valence-electron chi connectivity index (χ4n) is 1.59. The Labute approximate surface area is 96.4 Å². The maximum absolute atomic E-state index is 4.28. The van der Waals surface area contributed by atoms with Gasteiger partial charge in [0.2, 0.25) is 0 Å². The molecule has 15 heavy (non-hydrogen) atoms. The second-order valence-corrected chi connectivity index (χ2v) is 4.11. The van der Waals surface area contributed by atoms with Crippen LogP contribution in [0.5, 0.6) is 0 Å². The molecule has 0 heterocycles. The highest BCUT2D eigenvalue weighted by Crippen LogP contribution is 2.21. The number of hydrogen-bond donors (Lipinski definition) is 1. The van der Waals surface area contributed by atoms with Gasteiger partial charge in [0.05, 0.1) is 0 Å². The normalized spacial score (nSPS) is 10.3. The monoisotopic (exact) mass is 214 g/mol. The van der Waals surface area contributed by atoms with Crippen LogP contribution in [-0.2, 0) is 6.42 Å². The van der Waals surface area contributed by atoms with Crippen LogP contribution in [0.4, 0.5) is 0 Å². The first-order chi connectivity index (χ1) is 7.29. The molecule has 0 unspecified atom stereocenters. The minimum absolute atomic E-state index is 1.00. The van der Waals surface area contributed by atoms with E-state index in [1.54, 1.807) is 0 Å². The van der Waals surface area contributed by atoms with Crippen LogP contribution in [0.15, 0.2) is 53.4 Å². The molecule has 76 valence electrons. The predicted octanol–water partition coefficient (Wildman–Crippen LogP) is 4.20. The van der Waals surface area contributed by atoms with Gasteiger partial charge in [0.15, 0.2) is 0 Å². The minimum Gasteiger partial charge on any atom is -0.143 e. The van der Waals surface area contributed by atoms with Crippen LogP contribution >= 0.6 is 12.6 Å². The standard InChI is InChI=1S/C14H14S/c1-2-11-3-5-12(6-4-11)13-7-9-14(15)10-8-13/h3-10,15H,2H2,1H3. The van der Waals surface area contributed by atoms with Crippen molar-refractivity contribution in [1.29, 1.82) is 0 Å². The van der Waals surface area contributed by atoms with Gasteiger partial charge in [0, 0.05) is 4.90 Å². The summed E-state index contributed by atoms with van der Waals surface area (Å²) in [5, 5.41) is 0. The second-order valence-electron chi connectivity index (χ2n) is 3.60. The zero-order chi connectivity index (χ0) is 10.7. The summed E-state index contributed by atoms with van der Waals surface area (Å²) in [6.45, 7) is 2.17. The van der Waals surface area contributed by atoms with Gasteiger partial charge in [-0.05, 0) is 35.2 Å². The van der Waals surface area contributed by atoms with Crippen molar-refractivity contribution in [3.05, 3.63) is 54.1 Å². The quantitative estimate of drug-likeness (QED) is 0.711. The van der Waals surface area contributed by atoms with E-state index in [4.69, 9.17) is 0 Å². The number of aryl methyl sites for hydroxylation is 1. The summed E-state index contributed by atoms with van der Waals surface area (Å²) in [6.07, 6.45) is 1.09. The first-order valence-electron chi connectivity index (χ1n) is 5.18. The van der Waals surface area contributed by atoms with E-state index in [9.17, 15) is 0 Å². The first kappa shape index (κ1) is 10.3. The fraction of sp³-hybridized carbons (Fsp3) is 0.143. The van der Waals surface area contributed by atoms with E-state index in [2.05, 4.69) is 56.0 Å². The van der Waals surface area contributed by atoms with E-state index in [-0.39, 0.29) is 0 Å². The largest absolute Gasteiger partial charge is 0.143 e. The Hall–Kier alpha value is -1.21. The highest BCUT2D eigenvalue weighted by atomic mass is 32.1. The Morgan fingerprint density at radius 2 is 1.27 bits per heavy atom. The van der Waals surface area contributed by atoms with Crippen LogP contribution in [0.3, 0.4) is 0 Å². The van der Waals surface area contributed by atoms with Gasteiger partial charge < -0.3 is 0 Å². The summed E-state index contributed by atoms with van der Waals surface area (Å²) in [5.41, 5.74) is 3.89. The van der Waals surface area contributed by atoms with Crippen molar-refractivity contribution in [3.63, 3.8) is 0 Å². The third kappa shape index (κ3) is 2.42. The lowest BCUT2D eigenvalue weighted by atomic mass is 10.0. The Morgan fingerprint density at radius 1 is 0.800 bits per heavy atom. The molecule has 0 bridgehead atoms. The molecule has 0 aliphatic rings. The number of benzene rings is 2. The molecule has 0 fully saturated rings. The lowest BCUT2D eigenvalue weighted by molar-refractivity contribution is 1.14. The summed E-state index contributed by atoms with van der Waals surface area (Å²) >= 11 is 4.28. The SMILES string of the molecule is CCc1ccc(-c2ccc(S)cc2)cc1. The third-order valence-corrected chi connectivity index (χ3v) is 2.86. The van der Waals surface area contributed by atoms with Crippen molar-refractivity contribution in [1.82, 2.24) is 0 Å². The molecule has 0 saturated heterocycles. The number of rotatable bonds is 2. The van der Waals surface area contributed by atoms with Crippen molar-refractivity contribution in [3.8, 4) is 11.1 Å². The van der Waals surface area contributed by atoms with Crippen molar-refractivity contribution >= 4 is 12.6 Å². The van der Waals surface area contributed by atoms with Crippen LogP contribution in [0.2, 0.25) is 0 Å². The van der Waals surface area contributed by atoms with Crippen LogP contribution in [0.1, 0.15) is 12.5 Å². The highest BCUT2D eigenvalue weighted by molar-refractivity contribution is 7.80. The van der Waals surface area contributed by atoms with E-state index in [1.807, 2.05) is 12.1 Å². The van der Waals surface area contributed by atoms with Crippen LogP contribution < -0.4 is 0 Å². The van der Waals surface area contributed by atoms with Gasteiger partial charge in [-0.25, -0.2) is 0 Å². The van der Waals surface area contributed by atoms with Crippen molar-refractivity contribution in [2.45, 2.75) is 18.2 Å². The first-order valence-corrected chi connectivity index (χ1v) is 5.62. The van der Waals surface area contributed by atoms with Gasteiger partial charge in [0.25, 0.3) is 0 Å². The van der Waals surface area contributed by atoms with Gasteiger partial charge in [-0.15, -0.1) is 12.6 Å². The maximum Gasteiger partial charge on any atom is 0.00404 e. The Morgan fingerprint density at radius 3 is 1.73 bits per heavy atom. The van der Waals surface area contributed by atoms with Crippen LogP contribution in [0, 0.1) is 0 Å². The summed E-state index contributed by atoms with van der Waals surface area (Å²) < 4.78 is 0.